The number of nitro benzene ring substituents is 1. The topological polar surface area (TPSA) is 79.2 Å². The molecule has 0 saturated heterocycles. The van der Waals surface area contributed by atoms with E-state index in [4.69, 9.17) is 11.6 Å². The summed E-state index contributed by atoms with van der Waals surface area (Å²) in [6.07, 6.45) is 0. The minimum Gasteiger partial charge on any atom is -0.507 e. The quantitative estimate of drug-likeness (QED) is 0.550. The minimum absolute atomic E-state index is 0.120. The summed E-state index contributed by atoms with van der Waals surface area (Å²) in [7, 11) is 0. The molecular weight excluding hydrogens is 280 g/mol. The number of benzene rings is 2. The Bertz CT molecular complexity index is 809. The van der Waals surface area contributed by atoms with Crippen molar-refractivity contribution in [2.75, 3.05) is 0 Å². The van der Waals surface area contributed by atoms with Crippen molar-refractivity contribution in [3.8, 4) is 17.0 Å². The van der Waals surface area contributed by atoms with Gasteiger partial charge < -0.3 is 10.1 Å². The Morgan fingerprint density at radius 2 is 1.85 bits per heavy atom. The lowest BCUT2D eigenvalue weighted by Gasteiger charge is -1.97. The predicted molar refractivity (Wildman–Crippen MR) is 77.1 cm³/mol. The Morgan fingerprint density at radius 1 is 1.15 bits per heavy atom. The average molecular weight is 289 g/mol. The van der Waals surface area contributed by atoms with Gasteiger partial charge >= 0.3 is 0 Å². The first-order chi connectivity index (χ1) is 9.54. The molecule has 100 valence electrons. The normalized spacial score (nSPS) is 10.8. The first-order valence-electron chi connectivity index (χ1n) is 5.80. The van der Waals surface area contributed by atoms with E-state index in [1.807, 2.05) is 12.1 Å². The van der Waals surface area contributed by atoms with Crippen LogP contribution in [0.4, 0.5) is 5.69 Å². The van der Waals surface area contributed by atoms with Crippen molar-refractivity contribution in [2.24, 2.45) is 0 Å². The number of nitrogens with zero attached hydrogens (tertiary/aromatic N) is 1. The van der Waals surface area contributed by atoms with Gasteiger partial charge in [-0.15, -0.1) is 0 Å². The van der Waals surface area contributed by atoms with Crippen LogP contribution in [-0.2, 0) is 0 Å². The molecule has 0 aliphatic carbocycles. The van der Waals surface area contributed by atoms with Crippen molar-refractivity contribution < 1.29 is 10.0 Å². The average Bonchev–Trinajstić information content (AvgIpc) is 2.84. The van der Waals surface area contributed by atoms with E-state index < -0.39 is 4.92 Å². The maximum absolute atomic E-state index is 10.8. The van der Waals surface area contributed by atoms with E-state index in [2.05, 4.69) is 4.98 Å². The Balaban J connectivity index is 2.17. The number of halogens is 1. The van der Waals surface area contributed by atoms with Gasteiger partial charge in [-0.05, 0) is 23.8 Å². The fraction of sp³-hybridized carbons (Fsp3) is 0. The van der Waals surface area contributed by atoms with E-state index in [-0.39, 0.29) is 11.4 Å². The molecule has 3 aromatic rings. The van der Waals surface area contributed by atoms with E-state index in [0.717, 1.165) is 17.3 Å². The molecule has 20 heavy (non-hydrogen) atoms. The molecule has 0 fully saturated rings. The minimum atomic E-state index is -0.540. The number of nitro groups is 1. The van der Waals surface area contributed by atoms with Crippen molar-refractivity contribution in [1.82, 2.24) is 4.98 Å². The third-order valence-corrected chi connectivity index (χ3v) is 3.32. The second-order valence-corrected chi connectivity index (χ2v) is 4.81. The SMILES string of the molecule is O=[N+]([O-])c1cc(O)c2cc(-c3ccc(Cl)cc3)[nH]c2c1. The van der Waals surface area contributed by atoms with Gasteiger partial charge in [-0.2, -0.15) is 0 Å². The van der Waals surface area contributed by atoms with Gasteiger partial charge in [-0.1, -0.05) is 23.7 Å². The Labute approximate surface area is 118 Å². The van der Waals surface area contributed by atoms with Crippen LogP contribution in [0, 0.1) is 10.1 Å². The Morgan fingerprint density at radius 3 is 2.50 bits per heavy atom. The summed E-state index contributed by atoms with van der Waals surface area (Å²) in [5.41, 5.74) is 2.00. The Kier molecular flexibility index (Phi) is 2.84. The summed E-state index contributed by atoms with van der Waals surface area (Å²) in [5, 5.41) is 21.8. The van der Waals surface area contributed by atoms with Gasteiger partial charge in [-0.25, -0.2) is 0 Å². The number of phenols is 1. The van der Waals surface area contributed by atoms with Gasteiger partial charge in [-0.3, -0.25) is 10.1 Å². The van der Waals surface area contributed by atoms with Gasteiger partial charge in [0.1, 0.15) is 5.75 Å². The first-order valence-corrected chi connectivity index (χ1v) is 6.18. The summed E-state index contributed by atoms with van der Waals surface area (Å²) in [6, 6.07) is 11.5. The van der Waals surface area contributed by atoms with Crippen LogP contribution >= 0.6 is 11.6 Å². The lowest BCUT2D eigenvalue weighted by atomic mass is 10.1. The molecule has 0 bridgehead atoms. The van der Waals surface area contributed by atoms with Crippen molar-refractivity contribution in [3.63, 3.8) is 0 Å². The number of aromatic hydroxyl groups is 1. The summed E-state index contributed by atoms with van der Waals surface area (Å²) < 4.78 is 0. The zero-order valence-corrected chi connectivity index (χ0v) is 10.9. The molecule has 2 aromatic carbocycles. The lowest BCUT2D eigenvalue weighted by molar-refractivity contribution is -0.384. The van der Waals surface area contributed by atoms with E-state index >= 15 is 0 Å². The summed E-state index contributed by atoms with van der Waals surface area (Å²) >= 11 is 5.83. The standard InChI is InChI=1S/C14H9ClN2O3/c15-9-3-1-8(2-4-9)12-7-11-13(16-12)5-10(17(19)20)6-14(11)18/h1-7,16,18H. The number of non-ortho nitro benzene ring substituents is 1. The Hall–Kier alpha value is -2.53. The van der Waals surface area contributed by atoms with Crippen molar-refractivity contribution in [2.45, 2.75) is 0 Å². The number of fused-ring (bicyclic) bond motifs is 1. The van der Waals surface area contributed by atoms with Crippen LogP contribution in [0.15, 0.2) is 42.5 Å². The van der Waals surface area contributed by atoms with Crippen LogP contribution in [0.2, 0.25) is 5.02 Å². The molecule has 5 nitrogen and oxygen atoms in total. The van der Waals surface area contributed by atoms with Crippen molar-refractivity contribution in [1.29, 1.82) is 0 Å². The molecule has 0 aliphatic rings. The lowest BCUT2D eigenvalue weighted by Crippen LogP contribution is -1.87. The summed E-state index contributed by atoms with van der Waals surface area (Å²) in [5.74, 6) is -0.120. The molecule has 0 spiro atoms. The molecule has 2 N–H and O–H groups in total. The van der Waals surface area contributed by atoms with Crippen LogP contribution in [-0.4, -0.2) is 15.0 Å². The van der Waals surface area contributed by atoms with Crippen LogP contribution in [0.5, 0.6) is 5.75 Å². The molecule has 3 rings (SSSR count). The van der Waals surface area contributed by atoms with Gasteiger partial charge in [0.2, 0.25) is 0 Å². The van der Waals surface area contributed by atoms with Crippen LogP contribution in [0.25, 0.3) is 22.2 Å². The van der Waals surface area contributed by atoms with Gasteiger partial charge in [0.15, 0.2) is 0 Å². The third kappa shape index (κ3) is 2.08. The van der Waals surface area contributed by atoms with Gasteiger partial charge in [0.25, 0.3) is 5.69 Å². The molecule has 0 amide bonds. The molecule has 0 saturated carbocycles. The number of H-pyrrole nitrogens is 1. The van der Waals surface area contributed by atoms with Gasteiger partial charge in [0.05, 0.1) is 16.5 Å². The van der Waals surface area contributed by atoms with E-state index in [9.17, 15) is 15.2 Å². The van der Waals surface area contributed by atoms with E-state index in [1.54, 1.807) is 18.2 Å². The molecule has 0 radical (unpaired) electrons. The predicted octanol–water partition coefficient (Wildman–Crippen LogP) is 4.10. The molecule has 0 atom stereocenters. The highest BCUT2D eigenvalue weighted by molar-refractivity contribution is 6.30. The van der Waals surface area contributed by atoms with Gasteiger partial charge in [0, 0.05) is 22.2 Å². The highest BCUT2D eigenvalue weighted by Crippen LogP contribution is 2.33. The van der Waals surface area contributed by atoms with Crippen LogP contribution in [0.3, 0.4) is 0 Å². The largest absolute Gasteiger partial charge is 0.507 e. The monoisotopic (exact) mass is 288 g/mol. The fourth-order valence-electron chi connectivity index (χ4n) is 2.09. The number of hydrogen-bond donors (Lipinski definition) is 2. The maximum atomic E-state index is 10.8. The molecule has 6 heteroatoms. The number of aromatic amines is 1. The molecule has 1 aromatic heterocycles. The smallest absolute Gasteiger partial charge is 0.275 e. The van der Waals surface area contributed by atoms with Crippen LogP contribution < -0.4 is 0 Å². The molecule has 0 aliphatic heterocycles. The summed E-state index contributed by atoms with van der Waals surface area (Å²) in [6.45, 7) is 0. The third-order valence-electron chi connectivity index (χ3n) is 3.07. The molecule has 1 heterocycles. The molecular formula is C14H9ClN2O3. The zero-order chi connectivity index (χ0) is 14.3. The number of nitrogens with one attached hydrogen (secondary N) is 1. The first kappa shape index (κ1) is 12.5. The van der Waals surface area contributed by atoms with Crippen molar-refractivity contribution >= 4 is 28.2 Å². The van der Waals surface area contributed by atoms with E-state index in [0.29, 0.717) is 15.9 Å². The summed E-state index contributed by atoms with van der Waals surface area (Å²) in [4.78, 5) is 13.3. The van der Waals surface area contributed by atoms with E-state index in [1.165, 1.54) is 6.07 Å². The zero-order valence-electron chi connectivity index (χ0n) is 10.1. The highest BCUT2D eigenvalue weighted by atomic mass is 35.5. The van der Waals surface area contributed by atoms with Crippen molar-refractivity contribution in [3.05, 3.63) is 57.6 Å². The second-order valence-electron chi connectivity index (χ2n) is 4.37. The highest BCUT2D eigenvalue weighted by Gasteiger charge is 2.13. The number of phenolic OH excluding ortho intramolecular Hbond substituents is 1. The second kappa shape index (κ2) is 4.54. The maximum Gasteiger partial charge on any atom is 0.275 e. The van der Waals surface area contributed by atoms with Crippen LogP contribution in [0.1, 0.15) is 0 Å². The number of aromatic nitrogens is 1. The fourth-order valence-corrected chi connectivity index (χ4v) is 2.22. The number of rotatable bonds is 2. The number of hydrogen-bond acceptors (Lipinski definition) is 3. The molecule has 0 unspecified atom stereocenters.